The quantitative estimate of drug-likeness (QED) is 0.847. The van der Waals surface area contributed by atoms with Crippen LogP contribution in [0.4, 0.5) is 0 Å². The van der Waals surface area contributed by atoms with Gasteiger partial charge in [0.05, 0.1) is 6.61 Å². The van der Waals surface area contributed by atoms with Crippen molar-refractivity contribution in [1.82, 2.24) is 9.55 Å². The smallest absolute Gasteiger partial charge is 0.110 e. The highest BCUT2D eigenvalue weighted by atomic mass is 35.5. The van der Waals surface area contributed by atoms with Crippen LogP contribution in [0.25, 0.3) is 5.69 Å². The summed E-state index contributed by atoms with van der Waals surface area (Å²) in [5.74, 6) is 0.905. The summed E-state index contributed by atoms with van der Waals surface area (Å²) in [7, 11) is 0. The monoisotopic (exact) mass is 222 g/mol. The van der Waals surface area contributed by atoms with E-state index in [1.807, 2.05) is 35.9 Å². The molecule has 2 aromatic rings. The minimum Gasteiger partial charge on any atom is -0.392 e. The average molecular weight is 223 g/mol. The molecule has 2 rings (SSSR count). The van der Waals surface area contributed by atoms with Gasteiger partial charge in [0.2, 0.25) is 0 Å². The molecule has 78 valence electrons. The Morgan fingerprint density at radius 1 is 1.47 bits per heavy atom. The van der Waals surface area contributed by atoms with Gasteiger partial charge in [-0.3, -0.25) is 0 Å². The van der Waals surface area contributed by atoms with Crippen molar-refractivity contribution >= 4 is 11.6 Å². The summed E-state index contributed by atoms with van der Waals surface area (Å²) in [5.41, 5.74) is 1.69. The van der Waals surface area contributed by atoms with Gasteiger partial charge in [0.25, 0.3) is 0 Å². The molecule has 1 aromatic heterocycles. The van der Waals surface area contributed by atoms with Crippen molar-refractivity contribution < 1.29 is 5.11 Å². The zero-order valence-electron chi connectivity index (χ0n) is 8.31. The van der Waals surface area contributed by atoms with Gasteiger partial charge in [-0.15, -0.1) is 0 Å². The van der Waals surface area contributed by atoms with Crippen molar-refractivity contribution in [2.45, 2.75) is 13.5 Å². The zero-order valence-corrected chi connectivity index (χ0v) is 9.07. The van der Waals surface area contributed by atoms with Crippen LogP contribution in [0.2, 0.25) is 5.02 Å². The van der Waals surface area contributed by atoms with E-state index in [2.05, 4.69) is 4.98 Å². The average Bonchev–Trinajstić information content (AvgIpc) is 2.64. The third kappa shape index (κ3) is 1.89. The summed E-state index contributed by atoms with van der Waals surface area (Å²) in [4.78, 5) is 4.14. The maximum atomic E-state index is 8.99. The molecular formula is C11H11ClN2O. The molecule has 1 aromatic carbocycles. The van der Waals surface area contributed by atoms with Crippen molar-refractivity contribution in [3.8, 4) is 5.69 Å². The first-order chi connectivity index (χ1) is 7.22. The van der Waals surface area contributed by atoms with Crippen molar-refractivity contribution in [2.75, 3.05) is 0 Å². The van der Waals surface area contributed by atoms with Gasteiger partial charge in [-0.1, -0.05) is 17.7 Å². The Morgan fingerprint density at radius 2 is 2.27 bits per heavy atom. The van der Waals surface area contributed by atoms with E-state index in [0.29, 0.717) is 5.02 Å². The second kappa shape index (κ2) is 4.04. The first-order valence-electron chi connectivity index (χ1n) is 4.62. The summed E-state index contributed by atoms with van der Waals surface area (Å²) in [5, 5.41) is 9.56. The molecule has 0 bridgehead atoms. The number of aliphatic hydroxyl groups is 1. The molecule has 1 N–H and O–H groups in total. The number of benzene rings is 1. The topological polar surface area (TPSA) is 38.0 Å². The number of halogens is 1. The lowest BCUT2D eigenvalue weighted by Gasteiger charge is -2.07. The van der Waals surface area contributed by atoms with E-state index in [1.54, 1.807) is 6.20 Å². The SMILES string of the molecule is Cc1nccn1-c1ccc(CO)c(Cl)c1. The molecule has 0 aliphatic rings. The number of rotatable bonds is 2. The predicted molar refractivity (Wildman–Crippen MR) is 59.2 cm³/mol. The number of aliphatic hydroxyl groups excluding tert-OH is 1. The molecule has 4 heteroatoms. The van der Waals surface area contributed by atoms with E-state index in [4.69, 9.17) is 16.7 Å². The standard InChI is InChI=1S/C11H11ClN2O/c1-8-13-4-5-14(8)10-3-2-9(7-15)11(12)6-10/h2-6,15H,7H2,1H3. The summed E-state index contributed by atoms with van der Waals surface area (Å²) < 4.78 is 1.94. The minimum atomic E-state index is -0.0397. The van der Waals surface area contributed by atoms with E-state index in [0.717, 1.165) is 17.1 Å². The Labute approximate surface area is 93.0 Å². The molecule has 1 heterocycles. The predicted octanol–water partition coefficient (Wildman–Crippen LogP) is 2.33. The van der Waals surface area contributed by atoms with Crippen molar-refractivity contribution in [3.63, 3.8) is 0 Å². The fourth-order valence-electron chi connectivity index (χ4n) is 1.47. The van der Waals surface area contributed by atoms with Gasteiger partial charge in [0.15, 0.2) is 0 Å². The van der Waals surface area contributed by atoms with E-state index in [-0.39, 0.29) is 6.61 Å². The van der Waals surface area contributed by atoms with Crippen LogP contribution >= 0.6 is 11.6 Å². The molecule has 0 aliphatic heterocycles. The van der Waals surface area contributed by atoms with Crippen LogP contribution < -0.4 is 0 Å². The largest absolute Gasteiger partial charge is 0.392 e. The number of nitrogens with zero attached hydrogens (tertiary/aromatic N) is 2. The third-order valence-corrected chi connectivity index (χ3v) is 2.66. The Bertz CT molecular complexity index is 479. The molecule has 0 spiro atoms. The van der Waals surface area contributed by atoms with Gasteiger partial charge in [-0.25, -0.2) is 4.98 Å². The van der Waals surface area contributed by atoms with Gasteiger partial charge in [0, 0.05) is 23.1 Å². The van der Waals surface area contributed by atoms with E-state index in [1.165, 1.54) is 0 Å². The van der Waals surface area contributed by atoms with E-state index in [9.17, 15) is 0 Å². The van der Waals surface area contributed by atoms with E-state index < -0.39 is 0 Å². The van der Waals surface area contributed by atoms with Crippen LogP contribution in [-0.2, 0) is 6.61 Å². The van der Waals surface area contributed by atoms with Gasteiger partial charge >= 0.3 is 0 Å². The lowest BCUT2D eigenvalue weighted by atomic mass is 10.2. The molecule has 0 amide bonds. The Balaban J connectivity index is 2.47. The van der Waals surface area contributed by atoms with Gasteiger partial charge in [0.1, 0.15) is 5.82 Å². The van der Waals surface area contributed by atoms with Crippen molar-refractivity contribution in [2.24, 2.45) is 0 Å². The fourth-order valence-corrected chi connectivity index (χ4v) is 1.70. The highest BCUT2D eigenvalue weighted by Crippen LogP contribution is 2.20. The molecular weight excluding hydrogens is 212 g/mol. The Kier molecular flexibility index (Phi) is 2.75. The van der Waals surface area contributed by atoms with Crippen molar-refractivity contribution in [3.05, 3.63) is 47.0 Å². The first-order valence-corrected chi connectivity index (χ1v) is 5.00. The maximum absolute atomic E-state index is 8.99. The number of aromatic nitrogens is 2. The molecule has 3 nitrogen and oxygen atoms in total. The molecule has 0 atom stereocenters. The number of hydrogen-bond donors (Lipinski definition) is 1. The number of hydrogen-bond acceptors (Lipinski definition) is 2. The van der Waals surface area contributed by atoms with Crippen LogP contribution in [0.3, 0.4) is 0 Å². The summed E-state index contributed by atoms with van der Waals surface area (Å²) in [6.45, 7) is 1.88. The highest BCUT2D eigenvalue weighted by molar-refractivity contribution is 6.31. The third-order valence-electron chi connectivity index (χ3n) is 2.31. The van der Waals surface area contributed by atoms with Gasteiger partial charge in [-0.05, 0) is 24.6 Å². The summed E-state index contributed by atoms with van der Waals surface area (Å²) >= 11 is 6.01. The van der Waals surface area contributed by atoms with Crippen LogP contribution in [0, 0.1) is 6.92 Å². The molecule has 15 heavy (non-hydrogen) atoms. The summed E-state index contributed by atoms with van der Waals surface area (Å²) in [6, 6.07) is 5.55. The second-order valence-corrected chi connectivity index (χ2v) is 3.69. The van der Waals surface area contributed by atoms with Crippen LogP contribution in [0.5, 0.6) is 0 Å². The lowest BCUT2D eigenvalue weighted by molar-refractivity contribution is 0.282. The normalized spacial score (nSPS) is 10.6. The van der Waals surface area contributed by atoms with Crippen LogP contribution in [-0.4, -0.2) is 14.7 Å². The van der Waals surface area contributed by atoms with Gasteiger partial charge in [-0.2, -0.15) is 0 Å². The Hall–Kier alpha value is -1.32. The van der Waals surface area contributed by atoms with Crippen LogP contribution in [0.15, 0.2) is 30.6 Å². The van der Waals surface area contributed by atoms with E-state index >= 15 is 0 Å². The number of imidazole rings is 1. The summed E-state index contributed by atoms with van der Waals surface area (Å²) in [6.07, 6.45) is 3.61. The lowest BCUT2D eigenvalue weighted by Crippen LogP contribution is -1.96. The molecule has 0 fully saturated rings. The first kappa shape index (κ1) is 10.2. The van der Waals surface area contributed by atoms with Gasteiger partial charge < -0.3 is 9.67 Å². The van der Waals surface area contributed by atoms with Crippen LogP contribution in [0.1, 0.15) is 11.4 Å². The molecule has 0 saturated carbocycles. The molecule has 0 saturated heterocycles. The second-order valence-electron chi connectivity index (χ2n) is 3.28. The fraction of sp³-hybridized carbons (Fsp3) is 0.182. The van der Waals surface area contributed by atoms with Crippen molar-refractivity contribution in [1.29, 1.82) is 0 Å². The highest BCUT2D eigenvalue weighted by Gasteiger charge is 2.04. The Morgan fingerprint density at radius 3 is 2.80 bits per heavy atom. The molecule has 0 aliphatic carbocycles. The molecule has 0 radical (unpaired) electrons. The minimum absolute atomic E-state index is 0.0397. The zero-order chi connectivity index (χ0) is 10.8. The number of aryl methyl sites for hydroxylation is 1. The molecule has 0 unspecified atom stereocenters. The maximum Gasteiger partial charge on any atom is 0.110 e.